The molecule has 1 saturated heterocycles. The lowest BCUT2D eigenvalue weighted by atomic mass is 10.1. The summed E-state index contributed by atoms with van der Waals surface area (Å²) >= 11 is 0. The van der Waals surface area contributed by atoms with Crippen LogP contribution in [0, 0.1) is 0 Å². The van der Waals surface area contributed by atoms with E-state index in [0.717, 1.165) is 13.3 Å². The first-order chi connectivity index (χ1) is 13.8. The van der Waals surface area contributed by atoms with Crippen molar-refractivity contribution < 1.29 is 61.2 Å². The predicted octanol–water partition coefficient (Wildman–Crippen LogP) is -2.57. The van der Waals surface area contributed by atoms with Gasteiger partial charge in [0.15, 0.2) is 6.23 Å². The fraction of sp³-hybridized carbons (Fsp3) is 0.600. The van der Waals surface area contributed by atoms with Crippen LogP contribution in [0.3, 0.4) is 0 Å². The van der Waals surface area contributed by atoms with Gasteiger partial charge in [0.2, 0.25) is 5.75 Å². The standard InChI is InChI=1S/C10H15N2O15P3/c1-23-4-2-12(10(16)11-8(4)15)9-7(14)6(13)5(25-9)3-24-29(19,20)27-30(21,22)26-28(17)18/h2,5-7,9,13-14H,3H2,1H3,(H,19,20)(H,21,22)(H,11,15,16). The number of nitrogens with zero attached hydrogens (tertiary/aromatic N) is 1. The third-order valence-electron chi connectivity index (χ3n) is 3.54. The molecule has 2 rings (SSSR count). The first kappa shape index (κ1) is 24.9. The molecule has 0 amide bonds. The molecule has 20 heteroatoms. The van der Waals surface area contributed by atoms with Gasteiger partial charge in [-0.1, -0.05) is 0 Å². The molecule has 17 nitrogen and oxygen atoms in total. The molecule has 7 atom stereocenters. The van der Waals surface area contributed by atoms with Crippen LogP contribution in [0.4, 0.5) is 0 Å². The number of aromatic nitrogens is 2. The van der Waals surface area contributed by atoms with E-state index in [1.54, 1.807) is 0 Å². The van der Waals surface area contributed by atoms with E-state index in [9.17, 15) is 43.3 Å². The zero-order chi connectivity index (χ0) is 22.9. The highest BCUT2D eigenvalue weighted by atomic mass is 31.3. The van der Waals surface area contributed by atoms with Crippen molar-refractivity contribution in [3.63, 3.8) is 0 Å². The second-order valence-electron chi connectivity index (χ2n) is 5.53. The van der Waals surface area contributed by atoms with E-state index in [1.165, 1.54) is 0 Å². The maximum Gasteiger partial charge on any atom is 0.524 e. The lowest BCUT2D eigenvalue weighted by Crippen LogP contribution is -2.38. The van der Waals surface area contributed by atoms with Crippen molar-refractivity contribution in [2.45, 2.75) is 24.5 Å². The zero-order valence-electron chi connectivity index (χ0n) is 14.7. The topological polar surface area (TPSA) is 256 Å². The van der Waals surface area contributed by atoms with Gasteiger partial charge in [-0.05, 0) is 8.88 Å². The van der Waals surface area contributed by atoms with Gasteiger partial charge in [0.1, 0.15) is 18.3 Å². The molecular weight excluding hydrogens is 481 g/mol. The molecule has 0 aromatic carbocycles. The number of hydrogen-bond acceptors (Lipinski definition) is 13. The Morgan fingerprint density at radius 3 is 2.47 bits per heavy atom. The Morgan fingerprint density at radius 2 is 1.90 bits per heavy atom. The average molecular weight is 496 g/mol. The second-order valence-corrected chi connectivity index (χ2v) is 9.42. The Labute approximate surface area is 166 Å². The number of aliphatic hydroxyl groups is 2. The average Bonchev–Trinajstić information content (AvgIpc) is 2.86. The van der Waals surface area contributed by atoms with Crippen LogP contribution in [-0.4, -0.2) is 61.6 Å². The van der Waals surface area contributed by atoms with Crippen molar-refractivity contribution in [1.82, 2.24) is 9.55 Å². The van der Waals surface area contributed by atoms with Crippen molar-refractivity contribution in [3.05, 3.63) is 27.0 Å². The summed E-state index contributed by atoms with van der Waals surface area (Å²) < 4.78 is 55.3. The molecule has 1 aromatic rings. The van der Waals surface area contributed by atoms with E-state index in [1.807, 2.05) is 4.98 Å². The number of rotatable bonds is 9. The number of nitrogens with one attached hydrogen (secondary N) is 1. The van der Waals surface area contributed by atoms with E-state index in [2.05, 4.69) is 13.1 Å². The van der Waals surface area contributed by atoms with Crippen LogP contribution < -0.4 is 20.9 Å². The summed E-state index contributed by atoms with van der Waals surface area (Å²) in [6.07, 6.45) is -5.87. The number of aromatic amines is 1. The lowest BCUT2D eigenvalue weighted by Gasteiger charge is -2.18. The largest absolute Gasteiger partial charge is 0.566 e. The Morgan fingerprint density at radius 1 is 1.27 bits per heavy atom. The molecule has 170 valence electrons. The van der Waals surface area contributed by atoms with Crippen LogP contribution in [-0.2, 0) is 31.6 Å². The zero-order valence-corrected chi connectivity index (χ0v) is 17.3. The maximum absolute atomic E-state index is 11.9. The van der Waals surface area contributed by atoms with Crippen LogP contribution in [0.25, 0.3) is 0 Å². The minimum Gasteiger partial charge on any atom is -0.566 e. The molecule has 0 bridgehead atoms. The third kappa shape index (κ3) is 6.11. The van der Waals surface area contributed by atoms with Gasteiger partial charge in [-0.3, -0.25) is 23.8 Å². The van der Waals surface area contributed by atoms with Crippen LogP contribution in [0.5, 0.6) is 5.75 Å². The predicted molar refractivity (Wildman–Crippen MR) is 89.2 cm³/mol. The molecule has 0 radical (unpaired) electrons. The number of hydrogen-bond donors (Lipinski definition) is 5. The summed E-state index contributed by atoms with van der Waals surface area (Å²) in [4.78, 5) is 54.0. The van der Waals surface area contributed by atoms with Gasteiger partial charge in [0.05, 0.1) is 19.9 Å². The molecule has 1 aromatic heterocycles. The number of methoxy groups -OCH3 is 1. The lowest BCUT2D eigenvalue weighted by molar-refractivity contribution is -0.179. The van der Waals surface area contributed by atoms with Gasteiger partial charge < -0.3 is 29.5 Å². The molecule has 7 unspecified atom stereocenters. The summed E-state index contributed by atoms with van der Waals surface area (Å²) in [5.41, 5.74) is -1.92. The Bertz CT molecular complexity index is 1010. The van der Waals surface area contributed by atoms with Crippen LogP contribution in [0.2, 0.25) is 0 Å². The molecule has 2 heterocycles. The monoisotopic (exact) mass is 496 g/mol. The van der Waals surface area contributed by atoms with Gasteiger partial charge >= 0.3 is 29.6 Å². The molecular formula is C10H15N2O15P3. The summed E-state index contributed by atoms with van der Waals surface area (Å²) in [7, 11) is -13.7. The summed E-state index contributed by atoms with van der Waals surface area (Å²) in [6.45, 7) is -1.03. The van der Waals surface area contributed by atoms with E-state index in [4.69, 9.17) is 14.4 Å². The molecule has 1 aliphatic heterocycles. The van der Waals surface area contributed by atoms with E-state index in [0.29, 0.717) is 4.57 Å². The van der Waals surface area contributed by atoms with Crippen LogP contribution in [0.15, 0.2) is 15.8 Å². The first-order valence-corrected chi connectivity index (χ1v) is 11.6. The molecule has 1 aliphatic rings. The van der Waals surface area contributed by atoms with Crippen molar-refractivity contribution in [2.75, 3.05) is 13.7 Å². The fourth-order valence-electron chi connectivity index (χ4n) is 2.32. The van der Waals surface area contributed by atoms with E-state index in [-0.39, 0.29) is 5.75 Å². The number of ether oxygens (including phenoxy) is 2. The summed E-state index contributed by atoms with van der Waals surface area (Å²) in [5.74, 6) is -0.330. The Kier molecular flexibility index (Phi) is 7.85. The minimum absolute atomic E-state index is 0.330. The van der Waals surface area contributed by atoms with Crippen LogP contribution in [0.1, 0.15) is 6.23 Å². The maximum atomic E-state index is 11.9. The smallest absolute Gasteiger partial charge is 0.524 e. The quantitative estimate of drug-likeness (QED) is 0.220. The summed E-state index contributed by atoms with van der Waals surface area (Å²) in [6, 6.07) is 0. The second kappa shape index (κ2) is 9.44. The van der Waals surface area contributed by atoms with Crippen molar-refractivity contribution in [3.8, 4) is 5.75 Å². The molecule has 0 aliphatic carbocycles. The van der Waals surface area contributed by atoms with Gasteiger partial charge in [0, 0.05) is 0 Å². The first-order valence-electron chi connectivity index (χ1n) is 7.53. The molecule has 30 heavy (non-hydrogen) atoms. The molecule has 0 saturated carbocycles. The highest BCUT2D eigenvalue weighted by molar-refractivity contribution is 7.64. The molecule has 1 fully saturated rings. The summed E-state index contributed by atoms with van der Waals surface area (Å²) in [5, 5.41) is 20.1. The molecule has 5 N–H and O–H groups in total. The van der Waals surface area contributed by atoms with Crippen molar-refractivity contribution in [1.29, 1.82) is 0 Å². The highest BCUT2D eigenvalue weighted by Crippen LogP contribution is 2.63. The minimum atomic E-state index is -5.52. The van der Waals surface area contributed by atoms with Crippen molar-refractivity contribution >= 4 is 23.9 Å². The number of phosphoric ester groups is 1. The SMILES string of the molecule is COc1cn(C2OC(COP(=O)(O)OP(=O)(O)O[P+](=O)[O-])C(O)C2O)c(=O)[nH]c1=O. The molecule has 0 spiro atoms. The van der Waals surface area contributed by atoms with Crippen molar-refractivity contribution in [2.24, 2.45) is 0 Å². The van der Waals surface area contributed by atoms with Gasteiger partial charge in [-0.25, -0.2) is 13.9 Å². The Balaban J connectivity index is 2.12. The van der Waals surface area contributed by atoms with E-state index >= 15 is 0 Å². The third-order valence-corrected chi connectivity index (χ3v) is 7.03. The highest BCUT2D eigenvalue weighted by Gasteiger charge is 2.46. The fourth-order valence-corrected chi connectivity index (χ4v) is 4.95. The number of H-pyrrole nitrogens is 1. The number of phosphoric acid groups is 2. The van der Waals surface area contributed by atoms with E-state index < -0.39 is 66.3 Å². The van der Waals surface area contributed by atoms with Gasteiger partial charge in [-0.2, -0.15) is 4.31 Å². The Hall–Kier alpha value is -1.32. The van der Waals surface area contributed by atoms with Crippen LogP contribution >= 0.6 is 23.9 Å². The normalized spacial score (nSPS) is 28.5. The number of aliphatic hydroxyl groups excluding tert-OH is 2. The van der Waals surface area contributed by atoms with Gasteiger partial charge in [-0.15, -0.1) is 0 Å². The van der Waals surface area contributed by atoms with Gasteiger partial charge in [0.25, 0.3) is 5.56 Å².